The van der Waals surface area contributed by atoms with Crippen molar-refractivity contribution in [1.82, 2.24) is 4.57 Å². The average molecular weight is 359 g/mol. The number of hydrogen-bond acceptors (Lipinski definition) is 3. The topological polar surface area (TPSA) is 62.5 Å². The first kappa shape index (κ1) is 17.3. The van der Waals surface area contributed by atoms with Gasteiger partial charge in [-0.15, -0.1) is 0 Å². The highest BCUT2D eigenvalue weighted by Gasteiger charge is 2.19. The van der Waals surface area contributed by atoms with E-state index in [1.807, 2.05) is 38.9 Å². The molecule has 0 bridgehead atoms. The number of rotatable bonds is 3. The second kappa shape index (κ2) is 6.08. The highest BCUT2D eigenvalue weighted by atomic mass is 35.5. The summed E-state index contributed by atoms with van der Waals surface area (Å²) < 4.78 is 1.69. The van der Waals surface area contributed by atoms with Crippen LogP contribution in [0.25, 0.3) is 21.8 Å². The first-order valence-electron chi connectivity index (χ1n) is 7.87. The van der Waals surface area contributed by atoms with Crippen molar-refractivity contribution in [3.8, 4) is 0 Å². The fraction of sp³-hybridized carbons (Fsp3) is 0.263. The first-order chi connectivity index (χ1) is 11.7. The van der Waals surface area contributed by atoms with Gasteiger partial charge < -0.3 is 14.6 Å². The van der Waals surface area contributed by atoms with Crippen LogP contribution in [0.3, 0.4) is 0 Å². The van der Waals surface area contributed by atoms with E-state index in [-0.39, 0.29) is 12.0 Å². The molecule has 0 amide bonds. The molecule has 1 N–H and O–H groups in total. The standard InChI is InChI=1S/C19H19ClN2O3/c1-10-5-6-12-18(17(10)21(3)4)22(9-16(23)24)15-7-11(2)14(20)8-13(15)19(12)25/h5-8H,9H2,1-4H3,(H,23,24). The minimum atomic E-state index is -0.968. The van der Waals surface area contributed by atoms with Gasteiger partial charge >= 0.3 is 5.97 Å². The number of carbonyl (C=O) groups is 1. The lowest BCUT2D eigenvalue weighted by molar-refractivity contribution is -0.137. The van der Waals surface area contributed by atoms with Gasteiger partial charge in [0.25, 0.3) is 0 Å². The van der Waals surface area contributed by atoms with Crippen LogP contribution in [0, 0.1) is 13.8 Å². The minimum Gasteiger partial charge on any atom is -0.480 e. The van der Waals surface area contributed by atoms with Crippen molar-refractivity contribution in [2.45, 2.75) is 20.4 Å². The number of benzene rings is 2. The van der Waals surface area contributed by atoms with Gasteiger partial charge in [0.05, 0.1) is 16.7 Å². The predicted molar refractivity (Wildman–Crippen MR) is 102 cm³/mol. The molecule has 130 valence electrons. The summed E-state index contributed by atoms with van der Waals surface area (Å²) >= 11 is 6.20. The monoisotopic (exact) mass is 358 g/mol. The third-order valence-corrected chi connectivity index (χ3v) is 4.83. The van der Waals surface area contributed by atoms with E-state index in [1.165, 1.54) is 0 Å². The molecule has 0 radical (unpaired) electrons. The maximum atomic E-state index is 13.0. The fourth-order valence-corrected chi connectivity index (χ4v) is 3.50. The highest BCUT2D eigenvalue weighted by molar-refractivity contribution is 6.32. The Morgan fingerprint density at radius 2 is 1.84 bits per heavy atom. The number of nitrogens with zero attached hydrogens (tertiary/aromatic N) is 2. The number of fused-ring (bicyclic) bond motifs is 2. The van der Waals surface area contributed by atoms with Crippen LogP contribution < -0.4 is 10.3 Å². The summed E-state index contributed by atoms with van der Waals surface area (Å²) in [5, 5.41) is 10.8. The number of anilines is 1. The van der Waals surface area contributed by atoms with Gasteiger partial charge in [-0.1, -0.05) is 17.7 Å². The molecule has 2 aromatic carbocycles. The molecule has 0 atom stereocenters. The SMILES string of the molecule is Cc1cc2c(cc1Cl)c(=O)c1ccc(C)c(N(C)C)c1n2CC(=O)O. The van der Waals surface area contributed by atoms with Crippen molar-refractivity contribution in [1.29, 1.82) is 0 Å². The largest absolute Gasteiger partial charge is 0.480 e. The Bertz CT molecular complexity index is 1080. The quantitative estimate of drug-likeness (QED) is 0.727. The summed E-state index contributed by atoms with van der Waals surface area (Å²) in [6.07, 6.45) is 0. The van der Waals surface area contributed by atoms with Crippen LogP contribution in [-0.2, 0) is 11.3 Å². The van der Waals surface area contributed by atoms with Gasteiger partial charge in [0.2, 0.25) is 0 Å². The molecule has 0 spiro atoms. The molecule has 0 saturated heterocycles. The molecule has 3 rings (SSSR count). The second-order valence-electron chi connectivity index (χ2n) is 6.45. The van der Waals surface area contributed by atoms with Gasteiger partial charge in [0.15, 0.2) is 5.43 Å². The molecule has 6 heteroatoms. The molecule has 0 aliphatic carbocycles. The molecule has 5 nitrogen and oxygen atoms in total. The van der Waals surface area contributed by atoms with E-state index in [4.69, 9.17) is 11.6 Å². The molecule has 0 saturated carbocycles. The maximum absolute atomic E-state index is 13.0. The van der Waals surface area contributed by atoms with Crippen molar-refractivity contribution in [3.63, 3.8) is 0 Å². The molecule has 1 heterocycles. The molecule has 25 heavy (non-hydrogen) atoms. The molecular formula is C19H19ClN2O3. The van der Waals surface area contributed by atoms with Crippen LogP contribution in [0.4, 0.5) is 5.69 Å². The van der Waals surface area contributed by atoms with E-state index >= 15 is 0 Å². The number of aromatic nitrogens is 1. The van der Waals surface area contributed by atoms with Gasteiger partial charge in [0.1, 0.15) is 6.54 Å². The summed E-state index contributed by atoms with van der Waals surface area (Å²) in [6.45, 7) is 3.55. The molecular weight excluding hydrogens is 340 g/mol. The molecule has 0 aliphatic rings. The lowest BCUT2D eigenvalue weighted by Crippen LogP contribution is -2.20. The van der Waals surface area contributed by atoms with E-state index in [9.17, 15) is 14.7 Å². The van der Waals surface area contributed by atoms with Gasteiger partial charge in [-0.2, -0.15) is 0 Å². The Kier molecular flexibility index (Phi) is 4.21. The first-order valence-corrected chi connectivity index (χ1v) is 8.25. The number of pyridine rings is 1. The smallest absolute Gasteiger partial charge is 0.323 e. The molecule has 1 aromatic heterocycles. The summed E-state index contributed by atoms with van der Waals surface area (Å²) in [6, 6.07) is 7.04. The zero-order valence-electron chi connectivity index (χ0n) is 14.6. The summed E-state index contributed by atoms with van der Waals surface area (Å²) in [5.74, 6) is -0.968. The van der Waals surface area contributed by atoms with E-state index in [0.29, 0.717) is 26.8 Å². The highest BCUT2D eigenvalue weighted by Crippen LogP contribution is 2.32. The molecule has 0 fully saturated rings. The summed E-state index contributed by atoms with van der Waals surface area (Å²) in [4.78, 5) is 26.5. The van der Waals surface area contributed by atoms with Gasteiger partial charge in [-0.05, 0) is 43.2 Å². The fourth-order valence-electron chi connectivity index (χ4n) is 3.34. The van der Waals surface area contributed by atoms with Crippen LogP contribution in [0.2, 0.25) is 5.02 Å². The number of hydrogen-bond donors (Lipinski definition) is 1. The Morgan fingerprint density at radius 3 is 2.44 bits per heavy atom. The third kappa shape index (κ3) is 2.74. The Labute approximate surface area is 150 Å². The zero-order chi connectivity index (χ0) is 18.5. The van der Waals surface area contributed by atoms with Crippen LogP contribution in [0.1, 0.15) is 11.1 Å². The lowest BCUT2D eigenvalue weighted by atomic mass is 10.0. The zero-order valence-corrected chi connectivity index (χ0v) is 15.3. The van der Waals surface area contributed by atoms with Crippen molar-refractivity contribution < 1.29 is 9.90 Å². The average Bonchev–Trinajstić information content (AvgIpc) is 2.52. The van der Waals surface area contributed by atoms with Crippen LogP contribution >= 0.6 is 11.6 Å². The second-order valence-corrected chi connectivity index (χ2v) is 6.86. The Balaban J connectivity index is 2.67. The summed E-state index contributed by atoms with van der Waals surface area (Å²) in [5.41, 5.74) is 3.68. The van der Waals surface area contributed by atoms with Gasteiger partial charge in [-0.3, -0.25) is 9.59 Å². The van der Waals surface area contributed by atoms with Crippen LogP contribution in [0.15, 0.2) is 29.1 Å². The van der Waals surface area contributed by atoms with Gasteiger partial charge in [0, 0.05) is 29.9 Å². The number of carboxylic acids is 1. The van der Waals surface area contributed by atoms with Crippen LogP contribution in [-0.4, -0.2) is 29.7 Å². The number of aliphatic carboxylic acids is 1. The van der Waals surface area contributed by atoms with E-state index in [0.717, 1.165) is 16.8 Å². The van der Waals surface area contributed by atoms with Crippen LogP contribution in [0.5, 0.6) is 0 Å². The van der Waals surface area contributed by atoms with Crippen molar-refractivity contribution in [3.05, 3.63) is 50.6 Å². The van der Waals surface area contributed by atoms with E-state index in [2.05, 4.69) is 0 Å². The molecule has 0 unspecified atom stereocenters. The Hall–Kier alpha value is -2.53. The van der Waals surface area contributed by atoms with Crippen molar-refractivity contribution in [2.24, 2.45) is 0 Å². The van der Waals surface area contributed by atoms with E-state index in [1.54, 1.807) is 22.8 Å². The normalized spacial score (nSPS) is 11.2. The molecule has 0 aliphatic heterocycles. The number of halogens is 1. The minimum absolute atomic E-state index is 0.142. The van der Waals surface area contributed by atoms with E-state index < -0.39 is 5.97 Å². The molecule has 3 aromatic rings. The maximum Gasteiger partial charge on any atom is 0.323 e. The summed E-state index contributed by atoms with van der Waals surface area (Å²) in [7, 11) is 3.77. The predicted octanol–water partition coefficient (Wildman–Crippen LogP) is 3.58. The Morgan fingerprint density at radius 1 is 1.16 bits per heavy atom. The number of carboxylic acid groups (broad SMARTS) is 1. The lowest BCUT2D eigenvalue weighted by Gasteiger charge is -2.23. The van der Waals surface area contributed by atoms with Crippen molar-refractivity contribution >= 4 is 45.1 Å². The van der Waals surface area contributed by atoms with Gasteiger partial charge in [-0.25, -0.2) is 0 Å². The number of aryl methyl sites for hydroxylation is 2. The third-order valence-electron chi connectivity index (χ3n) is 4.42. The van der Waals surface area contributed by atoms with Crippen molar-refractivity contribution in [2.75, 3.05) is 19.0 Å².